The smallest absolute Gasteiger partial charge is 0.222 e. The molecule has 2 saturated heterocycles. The summed E-state index contributed by atoms with van der Waals surface area (Å²) in [4.78, 5) is 18.1. The lowest BCUT2D eigenvalue weighted by atomic mass is 9.93. The largest absolute Gasteiger partial charge is 0.375 e. The fourth-order valence-corrected chi connectivity index (χ4v) is 5.84. The maximum atomic E-state index is 11.1. The Bertz CT molecular complexity index is 963. The Labute approximate surface area is 195 Å². The van der Waals surface area contributed by atoms with Crippen molar-refractivity contribution >= 4 is 17.5 Å². The van der Waals surface area contributed by atoms with Gasteiger partial charge in [0.2, 0.25) is 5.91 Å². The minimum absolute atomic E-state index is 0.0130. The van der Waals surface area contributed by atoms with E-state index in [-0.39, 0.29) is 11.5 Å². The molecule has 2 aromatic heterocycles. The topological polar surface area (TPSA) is 92.3 Å². The second kappa shape index (κ2) is 8.99. The first-order valence-corrected chi connectivity index (χ1v) is 12.1. The number of likely N-dealkylation sites (tertiary alicyclic amines) is 1. The van der Waals surface area contributed by atoms with Crippen molar-refractivity contribution in [1.82, 2.24) is 20.1 Å². The highest BCUT2D eigenvalue weighted by molar-refractivity contribution is 5.87. The summed E-state index contributed by atoms with van der Waals surface area (Å²) >= 11 is 0. The lowest BCUT2D eigenvalue weighted by molar-refractivity contribution is -0.114. The molecule has 2 aromatic rings. The third-order valence-corrected chi connectivity index (χ3v) is 7.35. The van der Waals surface area contributed by atoms with Crippen LogP contribution in [0, 0.1) is 11.8 Å². The molecular formula is C25H34N6O2. The molecular weight excluding hydrogens is 416 g/mol. The molecule has 4 heterocycles. The van der Waals surface area contributed by atoms with Crippen LogP contribution in [0.5, 0.6) is 0 Å². The van der Waals surface area contributed by atoms with Crippen molar-refractivity contribution in [3.8, 4) is 11.3 Å². The Hall–Kier alpha value is -2.58. The second-order valence-corrected chi connectivity index (χ2v) is 10.5. The number of nitrogens with one attached hydrogen (secondary N) is 2. The Morgan fingerprint density at radius 3 is 2.45 bits per heavy atom. The van der Waals surface area contributed by atoms with Crippen LogP contribution in [0.3, 0.4) is 0 Å². The zero-order chi connectivity index (χ0) is 23.0. The SMILES string of the molecule is CC(=O)Nc1ccc(-c2ccc(NC3C[C@@H]4CN(C5CCOC(C)(C)C5)C[C@@H]4C3)nn2)cn1. The monoisotopic (exact) mass is 450 g/mol. The van der Waals surface area contributed by atoms with E-state index in [9.17, 15) is 4.79 Å². The van der Waals surface area contributed by atoms with Gasteiger partial charge in [-0.25, -0.2) is 4.98 Å². The predicted octanol–water partition coefficient (Wildman–Crippen LogP) is 3.58. The zero-order valence-electron chi connectivity index (χ0n) is 19.8. The first-order valence-electron chi connectivity index (χ1n) is 12.1. The summed E-state index contributed by atoms with van der Waals surface area (Å²) < 4.78 is 5.92. The molecule has 8 heteroatoms. The van der Waals surface area contributed by atoms with Gasteiger partial charge >= 0.3 is 0 Å². The molecule has 2 N–H and O–H groups in total. The molecule has 2 aliphatic heterocycles. The summed E-state index contributed by atoms with van der Waals surface area (Å²) in [6.07, 6.45) is 6.41. The van der Waals surface area contributed by atoms with Crippen molar-refractivity contribution in [3.05, 3.63) is 30.5 Å². The maximum absolute atomic E-state index is 11.1. The molecule has 1 amide bonds. The van der Waals surface area contributed by atoms with Crippen LogP contribution in [-0.4, -0.2) is 63.4 Å². The van der Waals surface area contributed by atoms with Gasteiger partial charge in [-0.05, 0) is 75.6 Å². The van der Waals surface area contributed by atoms with Crippen molar-refractivity contribution in [1.29, 1.82) is 0 Å². The lowest BCUT2D eigenvalue weighted by Gasteiger charge is -2.40. The van der Waals surface area contributed by atoms with Crippen LogP contribution in [0.15, 0.2) is 30.5 Å². The van der Waals surface area contributed by atoms with Crippen molar-refractivity contribution in [2.24, 2.45) is 11.8 Å². The van der Waals surface area contributed by atoms with E-state index >= 15 is 0 Å². The van der Waals surface area contributed by atoms with Gasteiger partial charge in [0.1, 0.15) is 11.6 Å². The van der Waals surface area contributed by atoms with E-state index in [0.29, 0.717) is 17.9 Å². The first-order chi connectivity index (χ1) is 15.8. The number of hydrogen-bond acceptors (Lipinski definition) is 7. The van der Waals surface area contributed by atoms with Crippen LogP contribution in [-0.2, 0) is 9.53 Å². The van der Waals surface area contributed by atoms with Gasteiger partial charge < -0.3 is 15.4 Å². The Morgan fingerprint density at radius 1 is 1.09 bits per heavy atom. The number of aromatic nitrogens is 3. The summed E-state index contributed by atoms with van der Waals surface area (Å²) in [5.74, 6) is 2.77. The molecule has 2 unspecified atom stereocenters. The van der Waals surface area contributed by atoms with Crippen LogP contribution < -0.4 is 10.6 Å². The Morgan fingerprint density at radius 2 is 1.85 bits per heavy atom. The van der Waals surface area contributed by atoms with Crippen LogP contribution in [0.2, 0.25) is 0 Å². The number of anilines is 2. The summed E-state index contributed by atoms with van der Waals surface area (Å²) in [6, 6.07) is 8.76. The van der Waals surface area contributed by atoms with Crippen molar-refractivity contribution < 1.29 is 9.53 Å². The van der Waals surface area contributed by atoms with E-state index in [4.69, 9.17) is 4.74 Å². The highest BCUT2D eigenvalue weighted by Crippen LogP contribution is 2.41. The van der Waals surface area contributed by atoms with Gasteiger partial charge in [-0.1, -0.05) is 0 Å². The van der Waals surface area contributed by atoms with Gasteiger partial charge in [-0.15, -0.1) is 10.2 Å². The average Bonchev–Trinajstić information content (AvgIpc) is 3.33. The van der Waals surface area contributed by atoms with Gasteiger partial charge in [0.15, 0.2) is 0 Å². The third-order valence-electron chi connectivity index (χ3n) is 7.35. The zero-order valence-corrected chi connectivity index (χ0v) is 19.8. The first kappa shape index (κ1) is 22.2. The molecule has 0 bridgehead atoms. The molecule has 33 heavy (non-hydrogen) atoms. The molecule has 1 saturated carbocycles. The standard InChI is InChI=1S/C25H34N6O2/c1-16(32)27-23-6-4-17(13-26-23)22-5-7-24(30-29-22)28-20-10-18-14-31(15-19(18)11-20)21-8-9-33-25(2,3)12-21/h4-7,13,18-21H,8-12,14-15H2,1-3H3,(H,28,30)(H,26,27,32)/t18-,19+,20?,21?. The molecule has 0 spiro atoms. The van der Waals surface area contributed by atoms with Crippen molar-refractivity contribution in [2.45, 2.75) is 64.1 Å². The Kier molecular flexibility index (Phi) is 6.05. The quantitative estimate of drug-likeness (QED) is 0.719. The molecule has 1 aliphatic carbocycles. The summed E-state index contributed by atoms with van der Waals surface area (Å²) in [7, 11) is 0. The van der Waals surface area contributed by atoms with Crippen LogP contribution in [0.1, 0.15) is 46.5 Å². The number of carbonyl (C=O) groups is 1. The normalized spacial score (nSPS) is 28.9. The minimum Gasteiger partial charge on any atom is -0.375 e. The highest BCUT2D eigenvalue weighted by atomic mass is 16.5. The molecule has 3 fully saturated rings. The van der Waals surface area contributed by atoms with Gasteiger partial charge in [0.25, 0.3) is 0 Å². The van der Waals surface area contributed by atoms with E-state index < -0.39 is 0 Å². The second-order valence-electron chi connectivity index (χ2n) is 10.5. The number of fused-ring (bicyclic) bond motifs is 1. The van der Waals surface area contributed by atoms with Gasteiger partial charge in [0, 0.05) is 50.5 Å². The molecule has 0 radical (unpaired) electrons. The van der Waals surface area contributed by atoms with E-state index in [1.807, 2.05) is 18.2 Å². The molecule has 176 valence electrons. The number of ether oxygens (including phenoxy) is 1. The van der Waals surface area contributed by atoms with Crippen LogP contribution in [0.25, 0.3) is 11.3 Å². The van der Waals surface area contributed by atoms with Gasteiger partial charge in [-0.2, -0.15) is 0 Å². The molecule has 8 nitrogen and oxygen atoms in total. The van der Waals surface area contributed by atoms with E-state index in [0.717, 1.165) is 48.4 Å². The molecule has 5 rings (SSSR count). The van der Waals surface area contributed by atoms with E-state index in [1.54, 1.807) is 12.3 Å². The van der Waals surface area contributed by atoms with Crippen molar-refractivity contribution in [2.75, 3.05) is 30.3 Å². The number of carbonyl (C=O) groups excluding carboxylic acids is 1. The van der Waals surface area contributed by atoms with E-state index in [2.05, 4.69) is 44.6 Å². The number of amides is 1. The highest BCUT2D eigenvalue weighted by Gasteiger charge is 2.44. The third kappa shape index (κ3) is 5.17. The summed E-state index contributed by atoms with van der Waals surface area (Å²) in [5, 5.41) is 15.1. The number of nitrogens with zero attached hydrogens (tertiary/aromatic N) is 4. The average molecular weight is 451 g/mol. The number of hydrogen-bond donors (Lipinski definition) is 2. The lowest BCUT2D eigenvalue weighted by Crippen LogP contribution is -2.45. The van der Waals surface area contributed by atoms with Crippen LogP contribution >= 0.6 is 0 Å². The number of pyridine rings is 1. The van der Waals surface area contributed by atoms with E-state index in [1.165, 1.54) is 32.9 Å². The molecule has 3 aliphatic rings. The number of rotatable bonds is 5. The molecule has 0 aromatic carbocycles. The fraction of sp³-hybridized carbons (Fsp3) is 0.600. The fourth-order valence-electron chi connectivity index (χ4n) is 5.84. The van der Waals surface area contributed by atoms with Crippen LogP contribution in [0.4, 0.5) is 11.6 Å². The summed E-state index contributed by atoms with van der Waals surface area (Å²) in [6.45, 7) is 9.23. The summed E-state index contributed by atoms with van der Waals surface area (Å²) in [5.41, 5.74) is 1.65. The Balaban J connectivity index is 1.13. The van der Waals surface area contributed by atoms with Gasteiger partial charge in [0.05, 0.1) is 11.3 Å². The minimum atomic E-state index is -0.137. The van der Waals surface area contributed by atoms with Crippen molar-refractivity contribution in [3.63, 3.8) is 0 Å². The predicted molar refractivity (Wildman–Crippen MR) is 128 cm³/mol. The molecule has 4 atom stereocenters. The maximum Gasteiger partial charge on any atom is 0.222 e. The van der Waals surface area contributed by atoms with Gasteiger partial charge in [-0.3, -0.25) is 9.69 Å².